The van der Waals surface area contributed by atoms with Gasteiger partial charge in [0.15, 0.2) is 0 Å². The van der Waals surface area contributed by atoms with Gasteiger partial charge in [-0.05, 0) is 23.6 Å². The number of rotatable bonds is 3. The molecule has 1 aromatic rings. The number of carbonyl (C=O) groups excluding carboxylic acids is 1. The fourth-order valence-corrected chi connectivity index (χ4v) is 2.81. The Labute approximate surface area is 129 Å². The second kappa shape index (κ2) is 6.79. The van der Waals surface area contributed by atoms with Crippen molar-refractivity contribution in [3.05, 3.63) is 33.8 Å². The fraction of sp³-hybridized carbons (Fsp3) is 0.533. The van der Waals surface area contributed by atoms with E-state index in [4.69, 9.17) is 27.9 Å². The van der Waals surface area contributed by atoms with Gasteiger partial charge < -0.3 is 9.64 Å². The molecule has 1 fully saturated rings. The van der Waals surface area contributed by atoms with Gasteiger partial charge >= 0.3 is 0 Å². The van der Waals surface area contributed by atoms with Crippen LogP contribution in [0.1, 0.15) is 25.3 Å². The van der Waals surface area contributed by atoms with Gasteiger partial charge in [0, 0.05) is 13.1 Å². The van der Waals surface area contributed by atoms with E-state index in [1.54, 1.807) is 12.1 Å². The zero-order valence-corrected chi connectivity index (χ0v) is 13.2. The number of halogens is 2. The average Bonchev–Trinajstić information content (AvgIpc) is 2.43. The number of ether oxygens (including phenoxy) is 1. The molecule has 0 N–H and O–H groups in total. The molecule has 1 unspecified atom stereocenters. The second-order valence-electron chi connectivity index (χ2n) is 5.33. The first-order chi connectivity index (χ1) is 9.50. The van der Waals surface area contributed by atoms with Crippen LogP contribution in [0.5, 0.6) is 0 Å². The summed E-state index contributed by atoms with van der Waals surface area (Å²) in [7, 11) is 0. The molecule has 1 aliphatic rings. The van der Waals surface area contributed by atoms with Crippen LogP contribution in [-0.4, -0.2) is 37.1 Å². The normalized spacial score (nSPS) is 17.4. The molecule has 0 radical (unpaired) electrons. The van der Waals surface area contributed by atoms with Crippen molar-refractivity contribution in [2.75, 3.05) is 26.3 Å². The first kappa shape index (κ1) is 15.6. The molecular weight excluding hydrogens is 297 g/mol. The van der Waals surface area contributed by atoms with Crippen LogP contribution in [0.15, 0.2) is 18.2 Å². The smallest absolute Gasteiger partial charge is 0.230 e. The molecule has 0 spiro atoms. The van der Waals surface area contributed by atoms with Crippen LogP contribution in [0.2, 0.25) is 10.0 Å². The van der Waals surface area contributed by atoms with E-state index in [-0.39, 0.29) is 17.7 Å². The van der Waals surface area contributed by atoms with Crippen LogP contribution in [0.3, 0.4) is 0 Å². The van der Waals surface area contributed by atoms with Crippen LogP contribution in [0, 0.1) is 5.92 Å². The third-order valence-electron chi connectivity index (χ3n) is 3.56. The molecule has 2 rings (SSSR count). The molecule has 0 saturated carbocycles. The van der Waals surface area contributed by atoms with Gasteiger partial charge in [-0.15, -0.1) is 0 Å². The first-order valence-corrected chi connectivity index (χ1v) is 7.57. The second-order valence-corrected chi connectivity index (χ2v) is 6.15. The molecule has 1 aliphatic heterocycles. The highest BCUT2D eigenvalue weighted by Crippen LogP contribution is 2.31. The molecule has 1 amide bonds. The Morgan fingerprint density at radius 2 is 1.85 bits per heavy atom. The van der Waals surface area contributed by atoms with Crippen molar-refractivity contribution in [3.63, 3.8) is 0 Å². The Bertz CT molecular complexity index is 485. The summed E-state index contributed by atoms with van der Waals surface area (Å²) in [5, 5.41) is 1.00. The van der Waals surface area contributed by atoms with Crippen molar-refractivity contribution in [1.29, 1.82) is 0 Å². The van der Waals surface area contributed by atoms with Crippen molar-refractivity contribution < 1.29 is 9.53 Å². The van der Waals surface area contributed by atoms with E-state index in [2.05, 4.69) is 0 Å². The minimum atomic E-state index is -0.192. The number of carbonyl (C=O) groups is 1. The Kier molecular flexibility index (Phi) is 5.30. The summed E-state index contributed by atoms with van der Waals surface area (Å²) in [5.74, 6) is 0.146. The molecule has 1 aromatic carbocycles. The molecule has 1 atom stereocenters. The van der Waals surface area contributed by atoms with Gasteiger partial charge in [0.2, 0.25) is 5.91 Å². The minimum Gasteiger partial charge on any atom is -0.378 e. The summed E-state index contributed by atoms with van der Waals surface area (Å²) in [6, 6.07) is 5.44. The predicted molar refractivity (Wildman–Crippen MR) is 81.4 cm³/mol. The topological polar surface area (TPSA) is 29.5 Å². The predicted octanol–water partition coefficient (Wildman–Crippen LogP) is 3.59. The van der Waals surface area contributed by atoms with Gasteiger partial charge in [-0.25, -0.2) is 0 Å². The third kappa shape index (κ3) is 3.46. The fourth-order valence-electron chi connectivity index (χ4n) is 2.50. The molecule has 0 bridgehead atoms. The number of amides is 1. The Balaban J connectivity index is 2.25. The molecule has 110 valence electrons. The third-order valence-corrected chi connectivity index (χ3v) is 4.30. The van der Waals surface area contributed by atoms with E-state index in [0.29, 0.717) is 36.3 Å². The maximum absolute atomic E-state index is 12.7. The number of hydrogen-bond donors (Lipinski definition) is 0. The number of hydrogen-bond acceptors (Lipinski definition) is 2. The van der Waals surface area contributed by atoms with Crippen LogP contribution in [-0.2, 0) is 9.53 Å². The van der Waals surface area contributed by atoms with Gasteiger partial charge in [0.05, 0.1) is 29.2 Å². The lowest BCUT2D eigenvalue weighted by Gasteiger charge is -2.32. The average molecular weight is 316 g/mol. The van der Waals surface area contributed by atoms with Crippen molar-refractivity contribution in [1.82, 2.24) is 4.90 Å². The first-order valence-electron chi connectivity index (χ1n) is 6.82. The standard InChI is InChI=1S/C15H19Cl2NO2/c1-10(2)14(11-3-4-12(16)13(17)9-11)15(19)18-5-7-20-8-6-18/h3-4,9-10,14H,5-8H2,1-2H3. The maximum atomic E-state index is 12.7. The van der Waals surface area contributed by atoms with Crippen molar-refractivity contribution in [2.24, 2.45) is 5.92 Å². The van der Waals surface area contributed by atoms with Crippen LogP contribution < -0.4 is 0 Å². The number of benzene rings is 1. The SMILES string of the molecule is CC(C)C(C(=O)N1CCOCC1)c1ccc(Cl)c(Cl)c1. The van der Waals surface area contributed by atoms with Crippen molar-refractivity contribution >= 4 is 29.1 Å². The van der Waals surface area contributed by atoms with Crippen molar-refractivity contribution in [3.8, 4) is 0 Å². The highest BCUT2D eigenvalue weighted by molar-refractivity contribution is 6.42. The summed E-state index contributed by atoms with van der Waals surface area (Å²) in [4.78, 5) is 14.6. The molecule has 1 heterocycles. The molecular formula is C15H19Cl2NO2. The summed E-state index contributed by atoms with van der Waals surface area (Å²) in [5.41, 5.74) is 0.922. The lowest BCUT2D eigenvalue weighted by Crippen LogP contribution is -2.44. The summed E-state index contributed by atoms with van der Waals surface area (Å²) >= 11 is 12.0. The van der Waals surface area contributed by atoms with Crippen LogP contribution >= 0.6 is 23.2 Å². The van der Waals surface area contributed by atoms with Gasteiger partial charge in [-0.1, -0.05) is 43.1 Å². The molecule has 3 nitrogen and oxygen atoms in total. The Morgan fingerprint density at radius 1 is 1.20 bits per heavy atom. The molecule has 0 aromatic heterocycles. The quantitative estimate of drug-likeness (QED) is 0.853. The molecule has 20 heavy (non-hydrogen) atoms. The highest BCUT2D eigenvalue weighted by Gasteiger charge is 2.29. The molecule has 5 heteroatoms. The largest absolute Gasteiger partial charge is 0.378 e. The summed E-state index contributed by atoms with van der Waals surface area (Å²) < 4.78 is 5.30. The van der Waals surface area contributed by atoms with E-state index in [0.717, 1.165) is 5.56 Å². The highest BCUT2D eigenvalue weighted by atomic mass is 35.5. The van der Waals surface area contributed by atoms with E-state index < -0.39 is 0 Å². The summed E-state index contributed by atoms with van der Waals surface area (Å²) in [6.07, 6.45) is 0. The monoisotopic (exact) mass is 315 g/mol. The molecule has 0 aliphatic carbocycles. The van der Waals surface area contributed by atoms with Gasteiger partial charge in [-0.3, -0.25) is 4.79 Å². The van der Waals surface area contributed by atoms with Gasteiger partial charge in [-0.2, -0.15) is 0 Å². The maximum Gasteiger partial charge on any atom is 0.230 e. The van der Waals surface area contributed by atoms with Crippen molar-refractivity contribution in [2.45, 2.75) is 19.8 Å². The minimum absolute atomic E-state index is 0.140. The Hall–Kier alpha value is -0.770. The summed E-state index contributed by atoms with van der Waals surface area (Å²) in [6.45, 7) is 6.62. The number of morpholine rings is 1. The van der Waals surface area contributed by atoms with E-state index >= 15 is 0 Å². The molecule has 1 saturated heterocycles. The van der Waals surface area contributed by atoms with E-state index in [1.807, 2.05) is 24.8 Å². The zero-order valence-electron chi connectivity index (χ0n) is 11.7. The lowest BCUT2D eigenvalue weighted by molar-refractivity contribution is -0.137. The lowest BCUT2D eigenvalue weighted by atomic mass is 9.87. The van der Waals surface area contributed by atoms with Gasteiger partial charge in [0.25, 0.3) is 0 Å². The Morgan fingerprint density at radius 3 is 2.40 bits per heavy atom. The van der Waals surface area contributed by atoms with Crippen LogP contribution in [0.4, 0.5) is 0 Å². The van der Waals surface area contributed by atoms with E-state index in [1.165, 1.54) is 0 Å². The van der Waals surface area contributed by atoms with E-state index in [9.17, 15) is 4.79 Å². The number of nitrogens with zero attached hydrogens (tertiary/aromatic N) is 1. The zero-order chi connectivity index (χ0) is 14.7. The van der Waals surface area contributed by atoms with Gasteiger partial charge in [0.1, 0.15) is 0 Å². The van der Waals surface area contributed by atoms with Crippen LogP contribution in [0.25, 0.3) is 0 Å².